The molecule has 0 atom stereocenters. The van der Waals surface area contributed by atoms with Crippen LogP contribution in [-0.4, -0.2) is 11.6 Å². The van der Waals surface area contributed by atoms with E-state index in [1.807, 2.05) is 25.1 Å². The molecule has 0 radical (unpaired) electrons. The van der Waals surface area contributed by atoms with Gasteiger partial charge in [0.15, 0.2) is 11.6 Å². The van der Waals surface area contributed by atoms with Gasteiger partial charge in [0.1, 0.15) is 0 Å². The zero-order valence-corrected chi connectivity index (χ0v) is 10.9. The maximum absolute atomic E-state index is 12.2. The first-order valence-electron chi connectivity index (χ1n) is 6.45. The number of hydrogen-bond acceptors (Lipinski definition) is 2. The number of carbonyl (C=O) groups excluding carboxylic acids is 2. The largest absolute Gasteiger partial charge is 0.294 e. The summed E-state index contributed by atoms with van der Waals surface area (Å²) >= 11 is 0. The van der Waals surface area contributed by atoms with E-state index in [-0.39, 0.29) is 11.6 Å². The van der Waals surface area contributed by atoms with Gasteiger partial charge in [0.2, 0.25) is 0 Å². The average molecular weight is 252 g/mol. The van der Waals surface area contributed by atoms with Gasteiger partial charge in [-0.15, -0.1) is 0 Å². The topological polar surface area (TPSA) is 34.1 Å². The lowest BCUT2D eigenvalue weighted by Gasteiger charge is -2.03. The molecule has 0 aliphatic rings. The van der Waals surface area contributed by atoms with Crippen LogP contribution in [0.25, 0.3) is 0 Å². The van der Waals surface area contributed by atoms with E-state index in [0.717, 1.165) is 6.42 Å². The fraction of sp³-hybridized carbons (Fsp3) is 0.176. The molecular weight excluding hydrogens is 236 g/mol. The smallest absolute Gasteiger partial charge is 0.193 e. The second-order valence-corrected chi connectivity index (χ2v) is 4.45. The average Bonchev–Trinajstić information content (AvgIpc) is 2.48. The molecule has 19 heavy (non-hydrogen) atoms. The third-order valence-electron chi connectivity index (χ3n) is 2.98. The molecule has 0 bridgehead atoms. The Kier molecular flexibility index (Phi) is 4.24. The third-order valence-corrected chi connectivity index (χ3v) is 2.98. The van der Waals surface area contributed by atoms with Crippen molar-refractivity contribution in [2.24, 2.45) is 0 Å². The zero-order valence-electron chi connectivity index (χ0n) is 10.9. The quantitative estimate of drug-likeness (QED) is 0.756. The van der Waals surface area contributed by atoms with E-state index >= 15 is 0 Å². The van der Waals surface area contributed by atoms with Crippen molar-refractivity contribution in [1.29, 1.82) is 0 Å². The number of benzene rings is 2. The summed E-state index contributed by atoms with van der Waals surface area (Å²) in [5.41, 5.74) is 1.95. The predicted octanol–water partition coefficient (Wildman–Crippen LogP) is 3.90. The van der Waals surface area contributed by atoms with E-state index in [9.17, 15) is 9.59 Å². The molecule has 0 fully saturated rings. The molecule has 2 nitrogen and oxygen atoms in total. The van der Waals surface area contributed by atoms with Crippen molar-refractivity contribution in [2.45, 2.75) is 19.8 Å². The summed E-state index contributed by atoms with van der Waals surface area (Å²) in [5, 5.41) is 0. The molecular formula is C17H16O2. The molecule has 0 saturated carbocycles. The van der Waals surface area contributed by atoms with Crippen LogP contribution in [0.2, 0.25) is 0 Å². The van der Waals surface area contributed by atoms with Gasteiger partial charge in [0, 0.05) is 23.1 Å². The van der Waals surface area contributed by atoms with Crippen LogP contribution in [-0.2, 0) is 0 Å². The molecule has 0 aromatic heterocycles. The van der Waals surface area contributed by atoms with Crippen LogP contribution in [0.15, 0.2) is 54.6 Å². The minimum atomic E-state index is -0.0184. The van der Waals surface area contributed by atoms with Crippen molar-refractivity contribution >= 4 is 11.6 Å². The number of Topliss-reactive ketones (excluding diaryl/α,β-unsaturated/α-hetero) is 1. The Morgan fingerprint density at radius 2 is 1.32 bits per heavy atom. The van der Waals surface area contributed by atoms with Crippen LogP contribution >= 0.6 is 0 Å². The van der Waals surface area contributed by atoms with Crippen LogP contribution in [0.1, 0.15) is 46.0 Å². The molecule has 0 aliphatic carbocycles. The molecule has 0 N–H and O–H groups in total. The molecule has 0 spiro atoms. The molecule has 2 heteroatoms. The lowest BCUT2D eigenvalue weighted by atomic mass is 10.00. The highest BCUT2D eigenvalue weighted by atomic mass is 16.1. The van der Waals surface area contributed by atoms with Crippen LogP contribution in [0, 0.1) is 0 Å². The molecule has 0 aliphatic heterocycles. The fourth-order valence-electron chi connectivity index (χ4n) is 1.94. The molecule has 96 valence electrons. The first kappa shape index (κ1) is 13.2. The van der Waals surface area contributed by atoms with Gasteiger partial charge in [-0.1, -0.05) is 61.5 Å². The van der Waals surface area contributed by atoms with Crippen LogP contribution in [0.3, 0.4) is 0 Å². The summed E-state index contributed by atoms with van der Waals surface area (Å²) < 4.78 is 0. The maximum atomic E-state index is 12.2. The van der Waals surface area contributed by atoms with Crippen molar-refractivity contribution in [3.63, 3.8) is 0 Å². The molecule has 2 rings (SSSR count). The maximum Gasteiger partial charge on any atom is 0.193 e. The van der Waals surface area contributed by atoms with Crippen molar-refractivity contribution in [2.75, 3.05) is 0 Å². The van der Waals surface area contributed by atoms with Crippen LogP contribution < -0.4 is 0 Å². The zero-order chi connectivity index (χ0) is 13.7. The lowest BCUT2D eigenvalue weighted by Crippen LogP contribution is -2.03. The van der Waals surface area contributed by atoms with E-state index in [4.69, 9.17) is 0 Å². The number of carbonyl (C=O) groups is 2. The van der Waals surface area contributed by atoms with E-state index in [1.54, 1.807) is 36.4 Å². The van der Waals surface area contributed by atoms with Gasteiger partial charge in [-0.25, -0.2) is 0 Å². The highest BCUT2D eigenvalue weighted by molar-refractivity contribution is 6.09. The predicted molar refractivity (Wildman–Crippen MR) is 75.6 cm³/mol. The third kappa shape index (κ3) is 3.16. The van der Waals surface area contributed by atoms with E-state index < -0.39 is 0 Å². The number of rotatable bonds is 5. The van der Waals surface area contributed by atoms with Gasteiger partial charge in [-0.2, -0.15) is 0 Å². The summed E-state index contributed by atoms with van der Waals surface area (Å²) in [6.07, 6.45) is 1.38. The molecule has 0 unspecified atom stereocenters. The standard InChI is InChI=1S/C17H16O2/c1-2-6-16(18)13-9-11-15(12-10-13)17(19)14-7-4-3-5-8-14/h3-5,7-12H,2,6H2,1H3. The summed E-state index contributed by atoms with van der Waals surface area (Å²) in [7, 11) is 0. The summed E-state index contributed by atoms with van der Waals surface area (Å²) in [6, 6.07) is 16.0. The first-order chi connectivity index (χ1) is 9.22. The molecule has 0 saturated heterocycles. The van der Waals surface area contributed by atoms with Crippen LogP contribution in [0.5, 0.6) is 0 Å². The van der Waals surface area contributed by atoms with E-state index in [0.29, 0.717) is 23.1 Å². The second-order valence-electron chi connectivity index (χ2n) is 4.45. The normalized spacial score (nSPS) is 10.2. The first-order valence-corrected chi connectivity index (χ1v) is 6.45. The van der Waals surface area contributed by atoms with E-state index in [2.05, 4.69) is 0 Å². The molecule has 0 heterocycles. The Hall–Kier alpha value is -2.22. The minimum absolute atomic E-state index is 0.0184. The SMILES string of the molecule is CCCC(=O)c1ccc(C(=O)c2ccccc2)cc1. The van der Waals surface area contributed by atoms with E-state index in [1.165, 1.54) is 0 Å². The lowest BCUT2D eigenvalue weighted by molar-refractivity contribution is 0.0979. The van der Waals surface area contributed by atoms with Gasteiger partial charge >= 0.3 is 0 Å². The Labute approximate surface area is 113 Å². The van der Waals surface area contributed by atoms with Gasteiger partial charge in [-0.05, 0) is 6.42 Å². The van der Waals surface area contributed by atoms with Crippen molar-refractivity contribution in [1.82, 2.24) is 0 Å². The highest BCUT2D eigenvalue weighted by Crippen LogP contribution is 2.12. The molecule has 0 amide bonds. The van der Waals surface area contributed by atoms with Crippen molar-refractivity contribution in [3.8, 4) is 0 Å². The van der Waals surface area contributed by atoms with Gasteiger partial charge in [0.05, 0.1) is 0 Å². The Bertz CT molecular complexity index is 568. The minimum Gasteiger partial charge on any atom is -0.294 e. The van der Waals surface area contributed by atoms with Gasteiger partial charge < -0.3 is 0 Å². The number of hydrogen-bond donors (Lipinski definition) is 0. The number of ketones is 2. The highest BCUT2D eigenvalue weighted by Gasteiger charge is 2.10. The monoisotopic (exact) mass is 252 g/mol. The Balaban J connectivity index is 2.19. The van der Waals surface area contributed by atoms with Crippen molar-refractivity contribution in [3.05, 3.63) is 71.3 Å². The second kappa shape index (κ2) is 6.10. The summed E-state index contributed by atoms with van der Waals surface area (Å²) in [4.78, 5) is 23.9. The van der Waals surface area contributed by atoms with Gasteiger partial charge in [-0.3, -0.25) is 9.59 Å². The van der Waals surface area contributed by atoms with Gasteiger partial charge in [0.25, 0.3) is 0 Å². The fourth-order valence-corrected chi connectivity index (χ4v) is 1.94. The molecule has 2 aromatic carbocycles. The summed E-state index contributed by atoms with van der Waals surface area (Å²) in [6.45, 7) is 1.98. The van der Waals surface area contributed by atoms with Crippen molar-refractivity contribution < 1.29 is 9.59 Å². The van der Waals surface area contributed by atoms with Crippen LogP contribution in [0.4, 0.5) is 0 Å². The summed E-state index contributed by atoms with van der Waals surface area (Å²) in [5.74, 6) is 0.108. The Morgan fingerprint density at radius 3 is 1.89 bits per heavy atom. The molecule has 2 aromatic rings. The Morgan fingerprint density at radius 1 is 0.789 bits per heavy atom.